The predicted molar refractivity (Wildman–Crippen MR) is 90.0 cm³/mol. The molecule has 1 amide bonds. The molecule has 4 nitrogen and oxygen atoms in total. The van der Waals surface area contributed by atoms with E-state index in [0.717, 1.165) is 17.7 Å². The first-order chi connectivity index (χ1) is 10.6. The van der Waals surface area contributed by atoms with Gasteiger partial charge in [0.25, 0.3) is 5.91 Å². The molecule has 0 saturated heterocycles. The van der Waals surface area contributed by atoms with Gasteiger partial charge in [0.05, 0.1) is 11.9 Å². The quantitative estimate of drug-likeness (QED) is 0.857. The van der Waals surface area contributed by atoms with Crippen LogP contribution in [-0.4, -0.2) is 16.9 Å². The minimum atomic E-state index is -0.157. The van der Waals surface area contributed by atoms with Crippen LogP contribution >= 0.6 is 0 Å². The summed E-state index contributed by atoms with van der Waals surface area (Å²) < 4.78 is 0. The molecule has 116 valence electrons. The first kappa shape index (κ1) is 16.0. The highest BCUT2D eigenvalue weighted by Crippen LogP contribution is 2.09. The zero-order chi connectivity index (χ0) is 15.9. The van der Waals surface area contributed by atoms with Crippen molar-refractivity contribution in [3.05, 3.63) is 59.4 Å². The van der Waals surface area contributed by atoms with Gasteiger partial charge >= 0.3 is 0 Å². The smallest absolute Gasteiger partial charge is 0.270 e. The number of aryl methyl sites for hydroxylation is 1. The Bertz CT molecular complexity index is 605. The molecule has 2 N–H and O–H groups in total. The Hall–Kier alpha value is -2.36. The van der Waals surface area contributed by atoms with Crippen molar-refractivity contribution in [2.24, 2.45) is 0 Å². The van der Waals surface area contributed by atoms with E-state index < -0.39 is 0 Å². The summed E-state index contributed by atoms with van der Waals surface area (Å²) in [6.45, 7) is 6.79. The lowest BCUT2D eigenvalue weighted by Gasteiger charge is -2.12. The molecule has 4 heteroatoms. The summed E-state index contributed by atoms with van der Waals surface area (Å²) in [6.07, 6.45) is 2.74. The molecule has 1 heterocycles. The van der Waals surface area contributed by atoms with E-state index in [4.69, 9.17) is 0 Å². The van der Waals surface area contributed by atoms with Crippen molar-refractivity contribution in [1.29, 1.82) is 0 Å². The van der Waals surface area contributed by atoms with Crippen LogP contribution in [0.4, 0.5) is 5.69 Å². The number of hydrogen-bond donors (Lipinski definition) is 2. The van der Waals surface area contributed by atoms with Crippen molar-refractivity contribution in [3.8, 4) is 0 Å². The first-order valence-electron chi connectivity index (χ1n) is 7.65. The van der Waals surface area contributed by atoms with Gasteiger partial charge in [0, 0.05) is 12.6 Å². The van der Waals surface area contributed by atoms with Crippen LogP contribution in [0, 0.1) is 6.92 Å². The van der Waals surface area contributed by atoms with Gasteiger partial charge in [-0.15, -0.1) is 0 Å². The number of nitrogens with zero attached hydrogens (tertiary/aromatic N) is 1. The monoisotopic (exact) mass is 297 g/mol. The number of nitrogens with one attached hydrogen (secondary N) is 2. The number of carbonyl (C=O) groups excluding carboxylic acids is 1. The van der Waals surface area contributed by atoms with E-state index in [2.05, 4.69) is 29.5 Å². The summed E-state index contributed by atoms with van der Waals surface area (Å²) in [5.74, 6) is -0.157. The lowest BCUT2D eigenvalue weighted by Crippen LogP contribution is -2.24. The molecular formula is C18H23N3O. The van der Waals surface area contributed by atoms with Crippen LogP contribution < -0.4 is 10.6 Å². The van der Waals surface area contributed by atoms with Crippen LogP contribution in [0.3, 0.4) is 0 Å². The van der Waals surface area contributed by atoms with E-state index in [1.807, 2.05) is 37.3 Å². The maximum Gasteiger partial charge on any atom is 0.270 e. The van der Waals surface area contributed by atoms with Gasteiger partial charge in [0.2, 0.25) is 0 Å². The van der Waals surface area contributed by atoms with Gasteiger partial charge in [-0.25, -0.2) is 4.98 Å². The molecule has 0 radical (unpaired) electrons. The average molecular weight is 297 g/mol. The van der Waals surface area contributed by atoms with Gasteiger partial charge < -0.3 is 10.6 Å². The van der Waals surface area contributed by atoms with Gasteiger partial charge in [-0.3, -0.25) is 4.79 Å². The highest BCUT2D eigenvalue weighted by atomic mass is 16.1. The summed E-state index contributed by atoms with van der Waals surface area (Å²) in [7, 11) is 0. The molecule has 2 rings (SSSR count). The van der Waals surface area contributed by atoms with Crippen molar-refractivity contribution >= 4 is 11.6 Å². The minimum Gasteiger partial charge on any atom is -0.381 e. The van der Waals surface area contributed by atoms with Crippen molar-refractivity contribution in [2.45, 2.75) is 39.8 Å². The fourth-order valence-electron chi connectivity index (χ4n) is 1.98. The number of carbonyl (C=O) groups is 1. The van der Waals surface area contributed by atoms with E-state index in [-0.39, 0.29) is 5.91 Å². The Balaban J connectivity index is 1.90. The Morgan fingerprint density at radius 3 is 2.50 bits per heavy atom. The molecule has 0 aliphatic heterocycles. The third kappa shape index (κ3) is 4.58. The zero-order valence-electron chi connectivity index (χ0n) is 13.4. The fourth-order valence-corrected chi connectivity index (χ4v) is 1.98. The second-order valence-corrected chi connectivity index (χ2v) is 5.55. The third-order valence-electron chi connectivity index (χ3n) is 3.60. The molecular weight excluding hydrogens is 274 g/mol. The number of hydrogen-bond acceptors (Lipinski definition) is 3. The average Bonchev–Trinajstić information content (AvgIpc) is 2.54. The number of benzene rings is 1. The Labute approximate surface area is 132 Å². The predicted octanol–water partition coefficient (Wildman–Crippen LogP) is 3.53. The maximum atomic E-state index is 12.1. The minimum absolute atomic E-state index is 0.157. The van der Waals surface area contributed by atoms with Gasteiger partial charge in [-0.2, -0.15) is 0 Å². The molecule has 1 aromatic carbocycles. The largest absolute Gasteiger partial charge is 0.381 e. The number of amides is 1. The van der Waals surface area contributed by atoms with Crippen LogP contribution in [-0.2, 0) is 6.54 Å². The molecule has 1 aromatic heterocycles. The molecule has 0 aliphatic carbocycles. The lowest BCUT2D eigenvalue weighted by molar-refractivity contribution is 0.0946. The number of pyridine rings is 1. The molecule has 2 aromatic rings. The van der Waals surface area contributed by atoms with Gasteiger partial charge in [0.1, 0.15) is 5.69 Å². The van der Waals surface area contributed by atoms with E-state index in [1.54, 1.807) is 12.3 Å². The number of anilines is 1. The SMILES string of the molecule is CCC(C)Nc1ccc(C(=O)NCc2ccc(C)cc2)nc1. The van der Waals surface area contributed by atoms with E-state index >= 15 is 0 Å². The number of aromatic nitrogens is 1. The molecule has 0 aliphatic rings. The molecule has 1 unspecified atom stereocenters. The third-order valence-corrected chi connectivity index (χ3v) is 3.60. The lowest BCUT2D eigenvalue weighted by atomic mass is 10.1. The van der Waals surface area contributed by atoms with Gasteiger partial charge in [-0.05, 0) is 38.0 Å². The van der Waals surface area contributed by atoms with Crippen LogP contribution in [0.15, 0.2) is 42.6 Å². The Morgan fingerprint density at radius 1 is 1.18 bits per heavy atom. The van der Waals surface area contributed by atoms with Crippen molar-refractivity contribution in [1.82, 2.24) is 10.3 Å². The summed E-state index contributed by atoms with van der Waals surface area (Å²) in [5, 5.41) is 6.21. The topological polar surface area (TPSA) is 54.0 Å². The summed E-state index contributed by atoms with van der Waals surface area (Å²) in [4.78, 5) is 16.3. The Kier molecular flexibility index (Phi) is 5.53. The van der Waals surface area contributed by atoms with Gasteiger partial charge in [0.15, 0.2) is 0 Å². The first-order valence-corrected chi connectivity index (χ1v) is 7.65. The molecule has 0 saturated carbocycles. The highest BCUT2D eigenvalue weighted by molar-refractivity contribution is 5.92. The second kappa shape index (κ2) is 7.59. The van der Waals surface area contributed by atoms with E-state index in [0.29, 0.717) is 18.3 Å². The molecule has 0 spiro atoms. The van der Waals surface area contributed by atoms with Crippen molar-refractivity contribution in [2.75, 3.05) is 5.32 Å². The van der Waals surface area contributed by atoms with Crippen LogP contribution in [0.1, 0.15) is 41.9 Å². The molecule has 22 heavy (non-hydrogen) atoms. The van der Waals surface area contributed by atoms with Crippen LogP contribution in [0.2, 0.25) is 0 Å². The summed E-state index contributed by atoms with van der Waals surface area (Å²) in [5.41, 5.74) is 3.65. The molecule has 0 fully saturated rings. The normalized spacial score (nSPS) is 11.8. The maximum absolute atomic E-state index is 12.1. The molecule has 0 bridgehead atoms. The van der Waals surface area contributed by atoms with Crippen molar-refractivity contribution < 1.29 is 4.79 Å². The van der Waals surface area contributed by atoms with Crippen LogP contribution in [0.5, 0.6) is 0 Å². The summed E-state index contributed by atoms with van der Waals surface area (Å²) >= 11 is 0. The zero-order valence-corrected chi connectivity index (χ0v) is 13.4. The van der Waals surface area contributed by atoms with Crippen LogP contribution in [0.25, 0.3) is 0 Å². The van der Waals surface area contributed by atoms with E-state index in [1.165, 1.54) is 5.56 Å². The highest BCUT2D eigenvalue weighted by Gasteiger charge is 2.07. The number of rotatable bonds is 6. The fraction of sp³-hybridized carbons (Fsp3) is 0.333. The van der Waals surface area contributed by atoms with Gasteiger partial charge in [-0.1, -0.05) is 36.8 Å². The molecule has 1 atom stereocenters. The second-order valence-electron chi connectivity index (χ2n) is 5.55. The Morgan fingerprint density at radius 2 is 1.91 bits per heavy atom. The standard InChI is InChI=1S/C18H23N3O/c1-4-14(3)21-16-9-10-17(19-12-16)18(22)20-11-15-7-5-13(2)6-8-15/h5-10,12,14,21H,4,11H2,1-3H3,(H,20,22). The summed E-state index contributed by atoms with van der Waals surface area (Å²) in [6, 6.07) is 12.1. The van der Waals surface area contributed by atoms with Crippen molar-refractivity contribution in [3.63, 3.8) is 0 Å². The van der Waals surface area contributed by atoms with E-state index in [9.17, 15) is 4.79 Å².